The summed E-state index contributed by atoms with van der Waals surface area (Å²) in [6, 6.07) is 7.18. The van der Waals surface area contributed by atoms with E-state index < -0.39 is 0 Å². The number of benzene rings is 1. The van der Waals surface area contributed by atoms with Crippen molar-refractivity contribution in [3.8, 4) is 0 Å². The van der Waals surface area contributed by atoms with Crippen LogP contribution in [-0.4, -0.2) is 0 Å². The second-order valence-electron chi connectivity index (χ2n) is 7.95. The van der Waals surface area contributed by atoms with E-state index in [2.05, 4.69) is 6.08 Å². The molecular formula is C22H30ClF. The van der Waals surface area contributed by atoms with Gasteiger partial charge in [-0.15, -0.1) is 0 Å². The highest BCUT2D eigenvalue weighted by Crippen LogP contribution is 2.39. The Kier molecular flexibility index (Phi) is 6.77. The lowest BCUT2D eigenvalue weighted by molar-refractivity contribution is 0.246. The maximum atomic E-state index is 13.1. The molecule has 2 aliphatic carbocycles. The minimum Gasteiger partial charge on any atom is -0.207 e. The summed E-state index contributed by atoms with van der Waals surface area (Å²) in [5.74, 6) is 3.12. The van der Waals surface area contributed by atoms with Crippen molar-refractivity contribution in [2.45, 2.75) is 70.1 Å². The molecule has 0 unspecified atom stereocenters. The van der Waals surface area contributed by atoms with Gasteiger partial charge in [-0.25, -0.2) is 4.39 Å². The molecule has 2 heteroatoms. The van der Waals surface area contributed by atoms with Gasteiger partial charge >= 0.3 is 0 Å². The van der Waals surface area contributed by atoms with Gasteiger partial charge in [-0.1, -0.05) is 42.7 Å². The molecule has 1 aromatic carbocycles. The summed E-state index contributed by atoms with van der Waals surface area (Å²) >= 11 is 5.70. The molecular weight excluding hydrogens is 319 g/mol. The molecule has 2 aliphatic rings. The zero-order valence-electron chi connectivity index (χ0n) is 14.6. The van der Waals surface area contributed by atoms with E-state index >= 15 is 0 Å². The van der Waals surface area contributed by atoms with Crippen molar-refractivity contribution >= 4 is 11.6 Å². The van der Waals surface area contributed by atoms with Crippen LogP contribution in [0.3, 0.4) is 0 Å². The molecule has 0 aromatic heterocycles. The molecule has 24 heavy (non-hydrogen) atoms. The predicted octanol–water partition coefficient (Wildman–Crippen LogP) is 7.44. The third kappa shape index (κ3) is 5.09. The van der Waals surface area contributed by atoms with Gasteiger partial charge < -0.3 is 0 Å². The van der Waals surface area contributed by atoms with Crippen LogP contribution in [0.1, 0.15) is 75.7 Å². The smallest absolute Gasteiger partial charge is 0.123 e. The summed E-state index contributed by atoms with van der Waals surface area (Å²) in [5, 5.41) is 0. The summed E-state index contributed by atoms with van der Waals surface area (Å²) in [5.41, 5.74) is 3.03. The molecule has 0 amide bonds. The molecule has 0 bridgehead atoms. The summed E-state index contributed by atoms with van der Waals surface area (Å²) < 4.78 is 13.1. The van der Waals surface area contributed by atoms with Gasteiger partial charge in [0.1, 0.15) is 5.82 Å². The van der Waals surface area contributed by atoms with Gasteiger partial charge in [0.25, 0.3) is 0 Å². The second kappa shape index (κ2) is 9.04. The average Bonchev–Trinajstić information content (AvgIpc) is 2.63. The Bertz CT molecular complexity index is 505. The number of halogens is 2. The quantitative estimate of drug-likeness (QED) is 0.518. The number of hydrogen-bond acceptors (Lipinski definition) is 0. The fourth-order valence-electron chi connectivity index (χ4n) is 4.76. The Morgan fingerprint density at radius 1 is 0.833 bits per heavy atom. The molecule has 2 fully saturated rings. The van der Waals surface area contributed by atoms with Gasteiger partial charge in [-0.3, -0.25) is 0 Å². The second-order valence-corrected chi connectivity index (χ2v) is 8.20. The highest BCUT2D eigenvalue weighted by Gasteiger charge is 2.24. The van der Waals surface area contributed by atoms with Crippen LogP contribution >= 0.6 is 11.6 Å². The van der Waals surface area contributed by atoms with Crippen LogP contribution < -0.4 is 0 Å². The Labute approximate surface area is 151 Å². The first-order chi connectivity index (χ1) is 11.7. The van der Waals surface area contributed by atoms with Gasteiger partial charge in [-0.05, 0) is 92.7 Å². The van der Waals surface area contributed by atoms with E-state index in [1.54, 1.807) is 17.7 Å². The van der Waals surface area contributed by atoms with Crippen molar-refractivity contribution in [3.05, 3.63) is 47.3 Å². The molecule has 2 saturated carbocycles. The van der Waals surface area contributed by atoms with Gasteiger partial charge in [0, 0.05) is 5.54 Å². The Morgan fingerprint density at radius 2 is 1.38 bits per heavy atom. The Balaban J connectivity index is 1.36. The van der Waals surface area contributed by atoms with Gasteiger partial charge in [0.05, 0.1) is 0 Å². The standard InChI is InChI=1S/C22H30ClF/c23-16-15-19-5-3-17(4-6-19)1-2-18-7-9-20(10-8-18)21-11-13-22(24)14-12-21/h11-20H,1-10H2/b16-15+. The largest absolute Gasteiger partial charge is 0.207 e. The molecule has 1 aromatic rings. The highest BCUT2D eigenvalue weighted by molar-refractivity contribution is 6.25. The van der Waals surface area contributed by atoms with E-state index in [9.17, 15) is 4.39 Å². The number of allylic oxidation sites excluding steroid dienone is 1. The van der Waals surface area contributed by atoms with Gasteiger partial charge in [0.2, 0.25) is 0 Å². The molecule has 0 radical (unpaired) electrons. The molecule has 0 aliphatic heterocycles. The van der Waals surface area contributed by atoms with E-state index in [0.717, 1.165) is 17.8 Å². The summed E-state index contributed by atoms with van der Waals surface area (Å²) in [6.07, 6.45) is 15.7. The molecule has 0 atom stereocenters. The zero-order chi connectivity index (χ0) is 16.8. The summed E-state index contributed by atoms with van der Waals surface area (Å²) in [6.45, 7) is 0. The first-order valence-corrected chi connectivity index (χ1v) is 10.2. The van der Waals surface area contributed by atoms with E-state index in [1.165, 1.54) is 69.8 Å². The van der Waals surface area contributed by atoms with Crippen molar-refractivity contribution in [1.82, 2.24) is 0 Å². The van der Waals surface area contributed by atoms with Crippen LogP contribution in [0.5, 0.6) is 0 Å². The molecule has 0 nitrogen and oxygen atoms in total. The van der Waals surface area contributed by atoms with E-state index in [-0.39, 0.29) is 5.82 Å². The van der Waals surface area contributed by atoms with Crippen molar-refractivity contribution in [2.24, 2.45) is 17.8 Å². The fraction of sp³-hybridized carbons (Fsp3) is 0.636. The SMILES string of the molecule is Fc1ccc(C2CCC(CCC3CCC(/C=C/Cl)CC3)CC2)cc1. The molecule has 0 N–H and O–H groups in total. The molecule has 0 heterocycles. The van der Waals surface area contributed by atoms with E-state index in [0.29, 0.717) is 5.92 Å². The Hall–Kier alpha value is -0.820. The maximum Gasteiger partial charge on any atom is 0.123 e. The maximum absolute atomic E-state index is 13.1. The van der Waals surface area contributed by atoms with Crippen molar-refractivity contribution in [3.63, 3.8) is 0 Å². The molecule has 0 saturated heterocycles. The van der Waals surface area contributed by atoms with Crippen LogP contribution in [0.4, 0.5) is 4.39 Å². The molecule has 132 valence electrons. The lowest BCUT2D eigenvalue weighted by atomic mass is 9.74. The number of hydrogen-bond donors (Lipinski definition) is 0. The fourth-order valence-corrected chi connectivity index (χ4v) is 4.97. The van der Waals surface area contributed by atoms with Gasteiger partial charge in [0.15, 0.2) is 0 Å². The monoisotopic (exact) mass is 348 g/mol. The third-order valence-corrected chi connectivity index (χ3v) is 6.55. The predicted molar refractivity (Wildman–Crippen MR) is 101 cm³/mol. The topological polar surface area (TPSA) is 0 Å². The lowest BCUT2D eigenvalue weighted by Crippen LogP contribution is -2.17. The molecule has 3 rings (SSSR count). The summed E-state index contributed by atoms with van der Waals surface area (Å²) in [4.78, 5) is 0. The van der Waals surface area contributed by atoms with Crippen LogP contribution in [0.25, 0.3) is 0 Å². The average molecular weight is 349 g/mol. The van der Waals surface area contributed by atoms with Crippen LogP contribution in [0, 0.1) is 23.6 Å². The third-order valence-electron chi connectivity index (χ3n) is 6.41. The number of rotatable bonds is 5. The van der Waals surface area contributed by atoms with Crippen LogP contribution in [0.15, 0.2) is 35.9 Å². The Morgan fingerprint density at radius 3 is 1.92 bits per heavy atom. The minimum atomic E-state index is -0.122. The van der Waals surface area contributed by atoms with Crippen LogP contribution in [0.2, 0.25) is 0 Å². The normalized spacial score (nSPS) is 31.4. The van der Waals surface area contributed by atoms with E-state index in [4.69, 9.17) is 11.6 Å². The summed E-state index contributed by atoms with van der Waals surface area (Å²) in [7, 11) is 0. The minimum absolute atomic E-state index is 0.122. The van der Waals surface area contributed by atoms with Crippen LogP contribution in [-0.2, 0) is 0 Å². The zero-order valence-corrected chi connectivity index (χ0v) is 15.4. The van der Waals surface area contributed by atoms with Crippen molar-refractivity contribution in [1.29, 1.82) is 0 Å². The lowest BCUT2D eigenvalue weighted by Gasteiger charge is -2.31. The highest BCUT2D eigenvalue weighted by atomic mass is 35.5. The first kappa shape index (κ1) is 18.0. The first-order valence-electron chi connectivity index (χ1n) is 9.77. The van der Waals surface area contributed by atoms with Gasteiger partial charge in [-0.2, -0.15) is 0 Å². The van der Waals surface area contributed by atoms with Crippen molar-refractivity contribution < 1.29 is 4.39 Å². The molecule has 0 spiro atoms. The van der Waals surface area contributed by atoms with E-state index in [1.807, 2.05) is 12.1 Å². The van der Waals surface area contributed by atoms with Crippen molar-refractivity contribution in [2.75, 3.05) is 0 Å².